The molecule has 0 saturated carbocycles. The molecule has 0 unspecified atom stereocenters. The summed E-state index contributed by atoms with van der Waals surface area (Å²) < 4.78 is 0. The summed E-state index contributed by atoms with van der Waals surface area (Å²) in [5, 5.41) is 0.306. The fourth-order valence-corrected chi connectivity index (χ4v) is 4.02. The first-order valence-corrected chi connectivity index (χ1v) is 9.80. The Kier molecular flexibility index (Phi) is 5.75. The first-order valence-electron chi connectivity index (χ1n) is 9.39. The Labute approximate surface area is 165 Å². The lowest BCUT2D eigenvalue weighted by Crippen LogP contribution is -2.56. The Morgan fingerprint density at radius 3 is 2.15 bits per heavy atom. The standard InChI is InChI=1S/C21H25N3O2S/c1-4-23-19(25)18(20(26)24(5-2)21(23)27)15-10-9-13-17(14-15)22(3)16-11-7-6-8-12-16/h6-8,11-12,14H,4-5,9-10,13H2,1-3H3. The number of thiocarbonyl (C=S) groups is 1. The lowest BCUT2D eigenvalue weighted by atomic mass is 9.92. The Morgan fingerprint density at radius 2 is 1.59 bits per heavy atom. The van der Waals surface area contributed by atoms with Gasteiger partial charge < -0.3 is 4.90 Å². The number of anilines is 1. The fraction of sp³-hybridized carbons (Fsp3) is 0.381. The van der Waals surface area contributed by atoms with E-state index >= 15 is 0 Å². The molecular weight excluding hydrogens is 358 g/mol. The summed E-state index contributed by atoms with van der Waals surface area (Å²) >= 11 is 5.35. The van der Waals surface area contributed by atoms with E-state index in [2.05, 4.69) is 17.0 Å². The lowest BCUT2D eigenvalue weighted by molar-refractivity contribution is -0.133. The van der Waals surface area contributed by atoms with Crippen LogP contribution in [0.2, 0.25) is 0 Å². The van der Waals surface area contributed by atoms with Crippen molar-refractivity contribution in [2.24, 2.45) is 0 Å². The first-order chi connectivity index (χ1) is 13.0. The molecular formula is C21H25N3O2S. The Balaban J connectivity index is 2.03. The van der Waals surface area contributed by atoms with Crippen LogP contribution in [0.3, 0.4) is 0 Å². The van der Waals surface area contributed by atoms with Crippen LogP contribution in [0.5, 0.6) is 0 Å². The largest absolute Gasteiger partial charge is 0.348 e. The van der Waals surface area contributed by atoms with Gasteiger partial charge in [0.15, 0.2) is 5.11 Å². The number of amides is 2. The summed E-state index contributed by atoms with van der Waals surface area (Å²) in [6.45, 7) is 4.67. The molecule has 0 N–H and O–H groups in total. The second kappa shape index (κ2) is 8.05. The molecule has 1 aromatic carbocycles. The molecule has 1 aliphatic heterocycles. The third-order valence-corrected chi connectivity index (χ3v) is 5.57. The number of nitrogens with zero attached hydrogens (tertiary/aromatic N) is 3. The van der Waals surface area contributed by atoms with Crippen molar-refractivity contribution in [3.05, 3.63) is 53.3 Å². The van der Waals surface area contributed by atoms with E-state index in [1.165, 1.54) is 9.80 Å². The molecule has 2 amide bonds. The molecule has 5 nitrogen and oxygen atoms in total. The number of carbonyl (C=O) groups is 2. The number of para-hydroxylation sites is 1. The summed E-state index contributed by atoms with van der Waals surface area (Å²) in [5.41, 5.74) is 3.28. The van der Waals surface area contributed by atoms with E-state index in [-0.39, 0.29) is 17.4 Å². The van der Waals surface area contributed by atoms with E-state index in [9.17, 15) is 9.59 Å². The molecule has 0 atom stereocenters. The third-order valence-electron chi connectivity index (χ3n) is 5.13. The molecule has 2 aliphatic rings. The number of benzene rings is 1. The van der Waals surface area contributed by atoms with Gasteiger partial charge in [0.05, 0.1) is 0 Å². The average molecular weight is 384 g/mol. The molecule has 0 aromatic heterocycles. The smallest absolute Gasteiger partial charge is 0.265 e. The average Bonchev–Trinajstić information content (AvgIpc) is 2.69. The van der Waals surface area contributed by atoms with Gasteiger partial charge in [0.2, 0.25) is 0 Å². The highest BCUT2D eigenvalue weighted by molar-refractivity contribution is 7.80. The molecule has 0 bridgehead atoms. The van der Waals surface area contributed by atoms with E-state index in [1.54, 1.807) is 0 Å². The van der Waals surface area contributed by atoms with E-state index in [0.717, 1.165) is 36.2 Å². The van der Waals surface area contributed by atoms with Crippen molar-refractivity contribution >= 4 is 34.8 Å². The maximum atomic E-state index is 13.0. The summed E-state index contributed by atoms with van der Waals surface area (Å²) in [7, 11) is 2.02. The number of likely N-dealkylation sites (N-methyl/N-ethyl adjacent to an activating group) is 2. The van der Waals surface area contributed by atoms with Crippen molar-refractivity contribution < 1.29 is 9.59 Å². The van der Waals surface area contributed by atoms with Crippen LogP contribution in [0.1, 0.15) is 33.1 Å². The molecule has 0 radical (unpaired) electrons. The second-order valence-electron chi connectivity index (χ2n) is 6.67. The predicted molar refractivity (Wildman–Crippen MR) is 111 cm³/mol. The van der Waals surface area contributed by atoms with Crippen molar-refractivity contribution in [1.29, 1.82) is 0 Å². The fourth-order valence-electron chi connectivity index (χ4n) is 3.60. The summed E-state index contributed by atoms with van der Waals surface area (Å²) in [6, 6.07) is 10.1. The molecule has 0 spiro atoms. The topological polar surface area (TPSA) is 43.9 Å². The van der Waals surface area contributed by atoms with Crippen molar-refractivity contribution in [2.75, 3.05) is 25.0 Å². The number of rotatable bonds is 4. The summed E-state index contributed by atoms with van der Waals surface area (Å²) in [6.07, 6.45) is 4.56. The Bertz CT molecular complexity index is 801. The maximum Gasteiger partial charge on any atom is 0.265 e. The second-order valence-corrected chi connectivity index (χ2v) is 7.03. The minimum Gasteiger partial charge on any atom is -0.348 e. The van der Waals surface area contributed by atoms with Gasteiger partial charge >= 0.3 is 0 Å². The van der Waals surface area contributed by atoms with Gasteiger partial charge in [0, 0.05) is 31.5 Å². The molecule has 142 valence electrons. The van der Waals surface area contributed by atoms with Crippen LogP contribution in [-0.4, -0.2) is 46.9 Å². The van der Waals surface area contributed by atoms with Crippen LogP contribution in [0, 0.1) is 0 Å². The normalized spacial score (nSPS) is 18.2. The predicted octanol–water partition coefficient (Wildman–Crippen LogP) is 3.48. The van der Waals surface area contributed by atoms with Gasteiger partial charge in [-0.05, 0) is 69.1 Å². The minimum absolute atomic E-state index is 0.269. The first kappa shape index (κ1) is 19.3. The number of hydrogen-bond donors (Lipinski definition) is 0. The SMILES string of the molecule is CCN1C(=O)C(=C2C=C(N(C)c3ccccc3)CCC2)C(=O)N(CC)C1=S. The number of carbonyl (C=O) groups excluding carboxylic acids is 2. The molecule has 1 fully saturated rings. The summed E-state index contributed by atoms with van der Waals surface area (Å²) in [4.78, 5) is 31.1. The van der Waals surface area contributed by atoms with Crippen molar-refractivity contribution in [3.8, 4) is 0 Å². The molecule has 27 heavy (non-hydrogen) atoms. The molecule has 1 aliphatic carbocycles. The van der Waals surface area contributed by atoms with Crippen molar-refractivity contribution in [1.82, 2.24) is 9.80 Å². The van der Waals surface area contributed by atoms with Gasteiger partial charge in [0.1, 0.15) is 5.57 Å². The van der Waals surface area contributed by atoms with Crippen LogP contribution in [0.25, 0.3) is 0 Å². The quantitative estimate of drug-likeness (QED) is 0.454. The highest BCUT2D eigenvalue weighted by atomic mass is 32.1. The van der Waals surface area contributed by atoms with E-state index in [1.807, 2.05) is 45.2 Å². The zero-order valence-electron chi connectivity index (χ0n) is 16.1. The zero-order valence-corrected chi connectivity index (χ0v) is 16.9. The van der Waals surface area contributed by atoms with Gasteiger partial charge in [-0.2, -0.15) is 0 Å². The Hall–Kier alpha value is -2.47. The van der Waals surface area contributed by atoms with Crippen LogP contribution < -0.4 is 4.90 Å². The summed E-state index contributed by atoms with van der Waals surface area (Å²) in [5.74, 6) is -0.542. The Morgan fingerprint density at radius 1 is 1.00 bits per heavy atom. The molecule has 1 heterocycles. The highest BCUT2D eigenvalue weighted by Gasteiger charge is 2.39. The van der Waals surface area contributed by atoms with E-state index in [0.29, 0.717) is 18.2 Å². The van der Waals surface area contributed by atoms with Gasteiger partial charge in [-0.15, -0.1) is 0 Å². The van der Waals surface area contributed by atoms with Crippen LogP contribution in [-0.2, 0) is 9.59 Å². The molecule has 3 rings (SSSR count). The number of allylic oxidation sites excluding steroid dienone is 3. The number of hydrogen-bond acceptors (Lipinski definition) is 4. The van der Waals surface area contributed by atoms with E-state index < -0.39 is 0 Å². The van der Waals surface area contributed by atoms with Crippen LogP contribution >= 0.6 is 12.2 Å². The van der Waals surface area contributed by atoms with Gasteiger partial charge in [-0.3, -0.25) is 19.4 Å². The molecule has 1 aromatic rings. The lowest BCUT2D eigenvalue weighted by Gasteiger charge is -2.36. The third kappa shape index (κ3) is 3.54. The molecule has 6 heteroatoms. The maximum absolute atomic E-state index is 13.0. The van der Waals surface area contributed by atoms with Gasteiger partial charge in [-0.1, -0.05) is 18.2 Å². The monoisotopic (exact) mass is 383 g/mol. The van der Waals surface area contributed by atoms with Crippen LogP contribution in [0.4, 0.5) is 5.69 Å². The van der Waals surface area contributed by atoms with Gasteiger partial charge in [-0.25, -0.2) is 0 Å². The van der Waals surface area contributed by atoms with Gasteiger partial charge in [0.25, 0.3) is 11.8 Å². The zero-order chi connectivity index (χ0) is 19.6. The minimum atomic E-state index is -0.271. The van der Waals surface area contributed by atoms with Crippen LogP contribution in [0.15, 0.2) is 53.3 Å². The van der Waals surface area contributed by atoms with Crippen molar-refractivity contribution in [2.45, 2.75) is 33.1 Å². The highest BCUT2D eigenvalue weighted by Crippen LogP contribution is 2.31. The molecule has 1 saturated heterocycles. The van der Waals surface area contributed by atoms with E-state index in [4.69, 9.17) is 12.2 Å². The van der Waals surface area contributed by atoms with Crippen molar-refractivity contribution in [3.63, 3.8) is 0 Å².